The van der Waals surface area contributed by atoms with Gasteiger partial charge in [0.2, 0.25) is 5.91 Å². The predicted molar refractivity (Wildman–Crippen MR) is 48.8 cm³/mol. The maximum Gasteiger partial charge on any atom is 0.220 e. The van der Waals surface area contributed by atoms with Crippen LogP contribution in [0.1, 0.15) is 19.3 Å². The number of allylic oxidation sites excluding steroid dienone is 1. The number of hydrogen-bond donors (Lipinski definition) is 2. The number of carbonyl (C=O) groups is 1. The van der Waals surface area contributed by atoms with Gasteiger partial charge in [-0.15, -0.1) is 6.58 Å². The summed E-state index contributed by atoms with van der Waals surface area (Å²) in [6, 6.07) is 0.349. The first-order valence-corrected chi connectivity index (χ1v) is 4.44. The molecular formula is C9H16N2O. The van der Waals surface area contributed by atoms with Gasteiger partial charge in [-0.25, -0.2) is 0 Å². The summed E-state index contributed by atoms with van der Waals surface area (Å²) in [6.45, 7) is 5.51. The van der Waals surface area contributed by atoms with Crippen molar-refractivity contribution >= 4 is 5.91 Å². The minimum atomic E-state index is 0.142. The van der Waals surface area contributed by atoms with Crippen molar-refractivity contribution in [1.82, 2.24) is 10.6 Å². The fourth-order valence-electron chi connectivity index (χ4n) is 1.31. The number of rotatable bonds is 4. The molecule has 1 saturated heterocycles. The van der Waals surface area contributed by atoms with E-state index in [9.17, 15) is 4.79 Å². The quantitative estimate of drug-likeness (QED) is 0.598. The average molecular weight is 168 g/mol. The topological polar surface area (TPSA) is 41.1 Å². The lowest BCUT2D eigenvalue weighted by molar-refractivity contribution is -0.121. The Labute approximate surface area is 73.2 Å². The van der Waals surface area contributed by atoms with Crippen LogP contribution in [-0.4, -0.2) is 25.0 Å². The van der Waals surface area contributed by atoms with E-state index in [1.165, 1.54) is 0 Å². The van der Waals surface area contributed by atoms with E-state index in [0.29, 0.717) is 12.5 Å². The Morgan fingerprint density at radius 3 is 3.17 bits per heavy atom. The van der Waals surface area contributed by atoms with Crippen molar-refractivity contribution in [2.75, 3.05) is 13.1 Å². The van der Waals surface area contributed by atoms with Crippen LogP contribution < -0.4 is 10.6 Å². The van der Waals surface area contributed by atoms with E-state index in [2.05, 4.69) is 17.2 Å². The number of amides is 1. The van der Waals surface area contributed by atoms with Gasteiger partial charge in [0.25, 0.3) is 0 Å². The molecule has 2 N–H and O–H groups in total. The van der Waals surface area contributed by atoms with E-state index in [4.69, 9.17) is 0 Å². The van der Waals surface area contributed by atoms with Gasteiger partial charge in [0.15, 0.2) is 0 Å². The highest BCUT2D eigenvalue weighted by Crippen LogP contribution is 1.98. The molecule has 0 aromatic carbocycles. The zero-order chi connectivity index (χ0) is 8.81. The molecule has 0 spiro atoms. The molecule has 68 valence electrons. The Balaban J connectivity index is 2.11. The Kier molecular flexibility index (Phi) is 3.80. The number of carbonyl (C=O) groups excluding carboxylic acids is 1. The Hall–Kier alpha value is -0.830. The average Bonchev–Trinajstić information content (AvgIpc) is 2.53. The van der Waals surface area contributed by atoms with Gasteiger partial charge in [-0.1, -0.05) is 6.08 Å². The van der Waals surface area contributed by atoms with Crippen LogP contribution in [0.15, 0.2) is 12.7 Å². The summed E-state index contributed by atoms with van der Waals surface area (Å²) in [5.74, 6) is 0.142. The van der Waals surface area contributed by atoms with Gasteiger partial charge < -0.3 is 10.6 Å². The molecule has 3 heteroatoms. The Bertz CT molecular complexity index is 162. The highest BCUT2D eigenvalue weighted by atomic mass is 16.1. The third-order valence-electron chi connectivity index (χ3n) is 2.00. The third-order valence-corrected chi connectivity index (χ3v) is 2.00. The van der Waals surface area contributed by atoms with Crippen molar-refractivity contribution in [3.8, 4) is 0 Å². The van der Waals surface area contributed by atoms with Crippen LogP contribution in [0.25, 0.3) is 0 Å². The van der Waals surface area contributed by atoms with E-state index in [-0.39, 0.29) is 5.91 Å². The number of hydrogen-bond acceptors (Lipinski definition) is 2. The van der Waals surface area contributed by atoms with Crippen LogP contribution in [0.4, 0.5) is 0 Å². The van der Waals surface area contributed by atoms with E-state index in [1.807, 2.05) is 0 Å². The lowest BCUT2D eigenvalue weighted by Crippen LogP contribution is -2.35. The molecule has 0 unspecified atom stereocenters. The van der Waals surface area contributed by atoms with Crippen molar-refractivity contribution < 1.29 is 4.79 Å². The molecule has 0 aliphatic carbocycles. The van der Waals surface area contributed by atoms with Crippen LogP contribution in [0, 0.1) is 0 Å². The predicted octanol–water partition coefficient (Wildman–Crippen LogP) is 0.431. The summed E-state index contributed by atoms with van der Waals surface area (Å²) in [6.07, 6.45) is 4.16. The minimum Gasteiger partial charge on any atom is -0.352 e. The summed E-state index contributed by atoms with van der Waals surface area (Å²) in [5.41, 5.74) is 0. The van der Waals surface area contributed by atoms with Crippen LogP contribution in [-0.2, 0) is 4.79 Å². The fourth-order valence-corrected chi connectivity index (χ4v) is 1.31. The second-order valence-corrected chi connectivity index (χ2v) is 3.08. The lowest BCUT2D eigenvalue weighted by atomic mass is 10.2. The summed E-state index contributed by atoms with van der Waals surface area (Å²) in [4.78, 5) is 11.2. The molecule has 0 bridgehead atoms. The molecule has 0 radical (unpaired) electrons. The van der Waals surface area contributed by atoms with Crippen LogP contribution in [0.3, 0.4) is 0 Å². The Morgan fingerprint density at radius 2 is 2.58 bits per heavy atom. The number of nitrogens with one attached hydrogen (secondary N) is 2. The molecule has 0 aromatic rings. The maximum absolute atomic E-state index is 11.2. The smallest absolute Gasteiger partial charge is 0.220 e. The molecule has 1 aliphatic rings. The van der Waals surface area contributed by atoms with Crippen LogP contribution in [0.2, 0.25) is 0 Å². The Morgan fingerprint density at radius 1 is 1.75 bits per heavy atom. The van der Waals surface area contributed by atoms with Gasteiger partial charge >= 0.3 is 0 Å². The highest BCUT2D eigenvalue weighted by Gasteiger charge is 2.15. The van der Waals surface area contributed by atoms with Gasteiger partial charge in [0.1, 0.15) is 0 Å². The molecule has 3 nitrogen and oxygen atoms in total. The maximum atomic E-state index is 11.2. The first kappa shape index (κ1) is 9.26. The minimum absolute atomic E-state index is 0.142. The van der Waals surface area contributed by atoms with Crippen molar-refractivity contribution in [3.05, 3.63) is 12.7 Å². The second-order valence-electron chi connectivity index (χ2n) is 3.08. The van der Waals surface area contributed by atoms with Gasteiger partial charge in [-0.3, -0.25) is 4.79 Å². The largest absolute Gasteiger partial charge is 0.352 e. The third kappa shape index (κ3) is 3.05. The summed E-state index contributed by atoms with van der Waals surface area (Å²) >= 11 is 0. The van der Waals surface area contributed by atoms with Crippen molar-refractivity contribution in [1.29, 1.82) is 0 Å². The molecule has 0 aromatic heterocycles. The first-order chi connectivity index (χ1) is 5.83. The zero-order valence-electron chi connectivity index (χ0n) is 7.31. The normalized spacial score (nSPS) is 22.2. The molecule has 1 fully saturated rings. The van der Waals surface area contributed by atoms with Gasteiger partial charge in [0.05, 0.1) is 0 Å². The van der Waals surface area contributed by atoms with Crippen molar-refractivity contribution in [3.63, 3.8) is 0 Å². The molecule has 1 aliphatic heterocycles. The first-order valence-electron chi connectivity index (χ1n) is 4.44. The molecule has 12 heavy (non-hydrogen) atoms. The van der Waals surface area contributed by atoms with Gasteiger partial charge in [0, 0.05) is 19.0 Å². The van der Waals surface area contributed by atoms with Crippen LogP contribution >= 0.6 is 0 Å². The van der Waals surface area contributed by atoms with E-state index >= 15 is 0 Å². The van der Waals surface area contributed by atoms with E-state index < -0.39 is 0 Å². The van der Waals surface area contributed by atoms with E-state index in [0.717, 1.165) is 25.9 Å². The summed E-state index contributed by atoms with van der Waals surface area (Å²) in [5, 5.41) is 6.16. The molecule has 1 heterocycles. The van der Waals surface area contributed by atoms with E-state index in [1.54, 1.807) is 6.08 Å². The van der Waals surface area contributed by atoms with Gasteiger partial charge in [-0.05, 0) is 19.4 Å². The van der Waals surface area contributed by atoms with Crippen molar-refractivity contribution in [2.45, 2.75) is 25.3 Å². The summed E-state index contributed by atoms with van der Waals surface area (Å²) < 4.78 is 0. The monoisotopic (exact) mass is 168 g/mol. The van der Waals surface area contributed by atoms with Crippen LogP contribution in [0.5, 0.6) is 0 Å². The standard InChI is InChI=1S/C9H16N2O/c1-2-3-4-9(12)11-8-5-6-10-7-8/h2,8,10H,1,3-7H2,(H,11,12)/t8-/m1/s1. The molecule has 0 saturated carbocycles. The molecular weight excluding hydrogens is 152 g/mol. The molecule has 1 rings (SSSR count). The second kappa shape index (κ2) is 4.93. The zero-order valence-corrected chi connectivity index (χ0v) is 7.31. The highest BCUT2D eigenvalue weighted by molar-refractivity contribution is 5.76. The lowest BCUT2D eigenvalue weighted by Gasteiger charge is -2.09. The van der Waals surface area contributed by atoms with Crippen molar-refractivity contribution in [2.24, 2.45) is 0 Å². The molecule has 1 amide bonds. The van der Waals surface area contributed by atoms with Gasteiger partial charge in [-0.2, -0.15) is 0 Å². The summed E-state index contributed by atoms with van der Waals surface area (Å²) in [7, 11) is 0. The fraction of sp³-hybridized carbons (Fsp3) is 0.667. The SMILES string of the molecule is C=CCCC(=O)N[C@@H]1CCNC1. The molecule has 1 atom stereocenters.